The molecule has 0 spiro atoms. The molecule has 0 aliphatic carbocycles. The Bertz CT molecular complexity index is 419. The van der Waals surface area contributed by atoms with Gasteiger partial charge in [-0.2, -0.15) is 0 Å². The van der Waals surface area contributed by atoms with Gasteiger partial charge >= 0.3 is 0 Å². The van der Waals surface area contributed by atoms with Crippen molar-refractivity contribution in [2.24, 2.45) is 0 Å². The van der Waals surface area contributed by atoms with Gasteiger partial charge in [0.25, 0.3) is 5.69 Å². The van der Waals surface area contributed by atoms with Gasteiger partial charge in [-0.15, -0.1) is 0 Å². The van der Waals surface area contributed by atoms with E-state index in [1.807, 2.05) is 4.90 Å². The van der Waals surface area contributed by atoms with Crippen molar-refractivity contribution in [1.82, 2.24) is 4.90 Å². The lowest BCUT2D eigenvalue weighted by Gasteiger charge is -2.35. The van der Waals surface area contributed by atoms with Crippen LogP contribution in [0.1, 0.15) is 5.56 Å². The fourth-order valence-electron chi connectivity index (χ4n) is 1.75. The molecule has 1 fully saturated rings. The van der Waals surface area contributed by atoms with E-state index in [1.165, 1.54) is 6.07 Å². The van der Waals surface area contributed by atoms with Gasteiger partial charge < -0.3 is 5.11 Å². The molecule has 0 aromatic heterocycles. The van der Waals surface area contributed by atoms with Crippen LogP contribution in [0, 0.1) is 10.1 Å². The molecule has 1 heterocycles. The second-order valence-corrected chi connectivity index (χ2v) is 4.31. The first kappa shape index (κ1) is 11.3. The van der Waals surface area contributed by atoms with Crippen LogP contribution in [0.5, 0.6) is 0 Å². The molecule has 16 heavy (non-hydrogen) atoms. The molecule has 5 nitrogen and oxygen atoms in total. The highest BCUT2D eigenvalue weighted by Gasteiger charge is 2.26. The van der Waals surface area contributed by atoms with Crippen LogP contribution in [0.25, 0.3) is 0 Å². The molecule has 0 atom stereocenters. The second kappa shape index (κ2) is 4.37. The molecule has 1 N–H and O–H groups in total. The van der Waals surface area contributed by atoms with E-state index in [-0.39, 0.29) is 11.8 Å². The van der Waals surface area contributed by atoms with Crippen LogP contribution in [-0.4, -0.2) is 34.1 Å². The Morgan fingerprint density at radius 1 is 1.56 bits per heavy atom. The van der Waals surface area contributed by atoms with Gasteiger partial charge in [0.15, 0.2) is 0 Å². The highest BCUT2D eigenvalue weighted by Crippen LogP contribution is 2.25. The van der Waals surface area contributed by atoms with E-state index in [2.05, 4.69) is 0 Å². The average molecular weight is 243 g/mol. The summed E-state index contributed by atoms with van der Waals surface area (Å²) in [5, 5.41) is 20.3. The largest absolute Gasteiger partial charge is 0.390 e. The minimum Gasteiger partial charge on any atom is -0.390 e. The minimum absolute atomic E-state index is 0.0360. The lowest BCUT2D eigenvalue weighted by atomic mass is 10.1. The lowest BCUT2D eigenvalue weighted by molar-refractivity contribution is -0.385. The molecular formula is C10H11ClN2O3. The number of likely N-dealkylation sites (tertiary alicyclic amines) is 1. The molecule has 1 aromatic carbocycles. The SMILES string of the molecule is O=[N+]([O-])c1cc(Cl)ccc1CN1CC(O)C1. The first-order valence-electron chi connectivity index (χ1n) is 4.89. The first-order valence-corrected chi connectivity index (χ1v) is 5.27. The number of rotatable bonds is 3. The molecule has 6 heteroatoms. The van der Waals surface area contributed by atoms with Crippen molar-refractivity contribution >= 4 is 17.3 Å². The molecule has 86 valence electrons. The number of aliphatic hydroxyl groups excluding tert-OH is 1. The Kier molecular flexibility index (Phi) is 3.09. The summed E-state index contributed by atoms with van der Waals surface area (Å²) in [6.45, 7) is 1.62. The van der Waals surface area contributed by atoms with Crippen LogP contribution in [0.3, 0.4) is 0 Å². The quantitative estimate of drug-likeness (QED) is 0.643. The number of nitro benzene ring substituents is 1. The van der Waals surface area contributed by atoms with Gasteiger partial charge in [0, 0.05) is 36.3 Å². The number of nitro groups is 1. The first-order chi connectivity index (χ1) is 7.56. The van der Waals surface area contributed by atoms with Crippen molar-refractivity contribution in [2.45, 2.75) is 12.6 Å². The fraction of sp³-hybridized carbons (Fsp3) is 0.400. The predicted molar refractivity (Wildman–Crippen MR) is 59.4 cm³/mol. The van der Waals surface area contributed by atoms with Crippen LogP contribution in [-0.2, 0) is 6.54 Å². The topological polar surface area (TPSA) is 66.6 Å². The molecule has 0 unspecified atom stereocenters. The van der Waals surface area contributed by atoms with E-state index >= 15 is 0 Å². The van der Waals surface area contributed by atoms with Gasteiger partial charge in [0.2, 0.25) is 0 Å². The van der Waals surface area contributed by atoms with Gasteiger partial charge in [-0.3, -0.25) is 15.0 Å². The Balaban J connectivity index is 2.16. The average Bonchev–Trinajstić information content (AvgIpc) is 2.17. The molecule has 0 radical (unpaired) electrons. The molecule has 2 rings (SSSR count). The molecule has 1 saturated heterocycles. The van der Waals surface area contributed by atoms with Crippen molar-refractivity contribution in [3.8, 4) is 0 Å². The standard InChI is InChI=1S/C10H11ClN2O3/c11-8-2-1-7(10(3-8)13(15)16)4-12-5-9(14)6-12/h1-3,9,14H,4-6H2. The van der Waals surface area contributed by atoms with Crippen molar-refractivity contribution in [3.05, 3.63) is 38.9 Å². The van der Waals surface area contributed by atoms with E-state index in [9.17, 15) is 10.1 Å². The van der Waals surface area contributed by atoms with Crippen LogP contribution >= 0.6 is 11.6 Å². The Morgan fingerprint density at radius 3 is 2.81 bits per heavy atom. The van der Waals surface area contributed by atoms with Crippen molar-refractivity contribution in [2.75, 3.05) is 13.1 Å². The Labute approximate surface area is 97.4 Å². The summed E-state index contributed by atoms with van der Waals surface area (Å²) in [4.78, 5) is 12.3. The second-order valence-electron chi connectivity index (χ2n) is 3.88. The van der Waals surface area contributed by atoms with Crippen molar-refractivity contribution in [3.63, 3.8) is 0 Å². The van der Waals surface area contributed by atoms with E-state index in [1.54, 1.807) is 12.1 Å². The van der Waals surface area contributed by atoms with Crippen LogP contribution in [0.2, 0.25) is 5.02 Å². The molecule has 0 bridgehead atoms. The molecule has 1 aromatic rings. The van der Waals surface area contributed by atoms with Gasteiger partial charge in [-0.25, -0.2) is 0 Å². The Hall–Kier alpha value is -1.17. The summed E-state index contributed by atoms with van der Waals surface area (Å²) in [5.41, 5.74) is 0.662. The summed E-state index contributed by atoms with van der Waals surface area (Å²) < 4.78 is 0. The van der Waals surface area contributed by atoms with Gasteiger partial charge in [-0.1, -0.05) is 11.6 Å². The number of aliphatic hydroxyl groups is 1. The zero-order valence-corrected chi connectivity index (χ0v) is 9.22. The van der Waals surface area contributed by atoms with E-state index < -0.39 is 4.92 Å². The maximum atomic E-state index is 10.8. The van der Waals surface area contributed by atoms with Crippen LogP contribution in [0.15, 0.2) is 18.2 Å². The van der Waals surface area contributed by atoms with Gasteiger partial charge in [0.1, 0.15) is 0 Å². The smallest absolute Gasteiger partial charge is 0.275 e. The number of hydrogen-bond donors (Lipinski definition) is 1. The van der Waals surface area contributed by atoms with Gasteiger partial charge in [0.05, 0.1) is 11.0 Å². The molecular weight excluding hydrogens is 232 g/mol. The maximum absolute atomic E-state index is 10.8. The normalized spacial score (nSPS) is 17.1. The lowest BCUT2D eigenvalue weighted by Crippen LogP contribution is -2.49. The molecule has 0 amide bonds. The summed E-state index contributed by atoms with van der Waals surface area (Å²) in [5.74, 6) is 0. The monoisotopic (exact) mass is 242 g/mol. The summed E-state index contributed by atoms with van der Waals surface area (Å²) in [7, 11) is 0. The van der Waals surface area contributed by atoms with Crippen molar-refractivity contribution in [1.29, 1.82) is 0 Å². The van der Waals surface area contributed by atoms with Crippen LogP contribution in [0.4, 0.5) is 5.69 Å². The van der Waals surface area contributed by atoms with E-state index in [0.29, 0.717) is 30.2 Å². The Morgan fingerprint density at radius 2 is 2.25 bits per heavy atom. The highest BCUT2D eigenvalue weighted by molar-refractivity contribution is 6.30. The van der Waals surface area contributed by atoms with E-state index in [4.69, 9.17) is 16.7 Å². The minimum atomic E-state index is -0.433. The summed E-state index contributed by atoms with van der Waals surface area (Å²) in [6, 6.07) is 4.65. The zero-order chi connectivity index (χ0) is 11.7. The third-order valence-electron chi connectivity index (χ3n) is 2.58. The molecule has 0 saturated carbocycles. The maximum Gasteiger partial charge on any atom is 0.275 e. The number of hydrogen-bond acceptors (Lipinski definition) is 4. The van der Waals surface area contributed by atoms with Gasteiger partial charge in [-0.05, 0) is 12.1 Å². The number of β-amino-alcohol motifs (C(OH)–C–C–N with tert-alkyl or cyclic N) is 1. The van der Waals surface area contributed by atoms with Crippen LogP contribution < -0.4 is 0 Å². The molecule has 1 aliphatic rings. The fourth-order valence-corrected chi connectivity index (χ4v) is 1.92. The molecule has 1 aliphatic heterocycles. The number of nitrogens with zero attached hydrogens (tertiary/aromatic N) is 2. The third-order valence-corrected chi connectivity index (χ3v) is 2.81. The highest BCUT2D eigenvalue weighted by atomic mass is 35.5. The zero-order valence-electron chi connectivity index (χ0n) is 8.47. The number of halogens is 1. The third kappa shape index (κ3) is 2.32. The number of benzene rings is 1. The van der Waals surface area contributed by atoms with Crippen molar-refractivity contribution < 1.29 is 10.0 Å². The summed E-state index contributed by atoms with van der Waals surface area (Å²) >= 11 is 5.71. The predicted octanol–water partition coefficient (Wildman–Crippen LogP) is 1.42. The van der Waals surface area contributed by atoms with E-state index in [0.717, 1.165) is 0 Å². The summed E-state index contributed by atoms with van der Waals surface area (Å²) in [6.07, 6.45) is -0.300.